The van der Waals surface area contributed by atoms with Gasteiger partial charge in [0.1, 0.15) is 0 Å². The molecule has 10 heavy (non-hydrogen) atoms. The lowest BCUT2D eigenvalue weighted by molar-refractivity contribution is 0.566. The molecule has 4 heteroatoms. The van der Waals surface area contributed by atoms with E-state index in [1.165, 1.54) is 0 Å². The Bertz CT molecular complexity index is 223. The lowest BCUT2D eigenvalue weighted by atomic mass is 9.93. The Morgan fingerprint density at radius 2 is 2.10 bits per heavy atom. The molecule has 0 unspecified atom stereocenters. The van der Waals surface area contributed by atoms with Gasteiger partial charge in [-0.3, -0.25) is 0 Å². The fourth-order valence-electron chi connectivity index (χ4n) is 0.587. The summed E-state index contributed by atoms with van der Waals surface area (Å²) in [5, 5.41) is 7.83. The topological polar surface area (TPSA) is 30.7 Å². The smallest absolute Gasteiger partial charge is 0.0889 e. The normalized spacial score (nSPS) is 12.0. The fourth-order valence-corrected chi connectivity index (χ4v) is 0.947. The molecule has 56 valence electrons. The largest absolute Gasteiger partial charge is 0.191 e. The summed E-state index contributed by atoms with van der Waals surface area (Å²) in [4.78, 5) is 0. The van der Waals surface area contributed by atoms with E-state index < -0.39 is 0 Å². The van der Waals surface area contributed by atoms with Crippen LogP contribution in [0.2, 0.25) is 0 Å². The second-order valence-electron chi connectivity index (χ2n) is 3.24. The first-order valence-corrected chi connectivity index (χ1v) is 4.05. The summed E-state index contributed by atoms with van der Waals surface area (Å²) >= 11 is 2.08. The van der Waals surface area contributed by atoms with Gasteiger partial charge in [0.25, 0.3) is 0 Å². The molecule has 0 amide bonds. The predicted molar refractivity (Wildman–Crippen MR) is 48.1 cm³/mol. The van der Waals surface area contributed by atoms with Gasteiger partial charge in [0.05, 0.1) is 34.8 Å². The van der Waals surface area contributed by atoms with Gasteiger partial charge < -0.3 is 0 Å². The van der Waals surface area contributed by atoms with E-state index in [2.05, 4.69) is 53.9 Å². The standard InChI is InChI=1S/C6H10IN3/c1-6(2,3)5-4-10(7)9-8-5/h4H,1-3H3. The highest BCUT2D eigenvalue weighted by Gasteiger charge is 2.16. The van der Waals surface area contributed by atoms with E-state index in [1.807, 2.05) is 6.20 Å². The summed E-state index contributed by atoms with van der Waals surface area (Å²) in [6.45, 7) is 6.36. The number of hydrogen-bond acceptors (Lipinski definition) is 2. The molecule has 0 bridgehead atoms. The summed E-state index contributed by atoms with van der Waals surface area (Å²) in [7, 11) is 0. The van der Waals surface area contributed by atoms with Crippen molar-refractivity contribution >= 4 is 22.9 Å². The second kappa shape index (κ2) is 2.48. The third-order valence-electron chi connectivity index (χ3n) is 1.24. The zero-order valence-electron chi connectivity index (χ0n) is 6.30. The van der Waals surface area contributed by atoms with Crippen molar-refractivity contribution in [3.8, 4) is 0 Å². The lowest BCUT2D eigenvalue weighted by Crippen LogP contribution is -2.11. The summed E-state index contributed by atoms with van der Waals surface area (Å²) in [5.74, 6) is 0. The predicted octanol–water partition coefficient (Wildman–Crippen LogP) is 1.77. The van der Waals surface area contributed by atoms with Gasteiger partial charge in [-0.25, -0.2) is 0 Å². The quantitative estimate of drug-likeness (QED) is 0.658. The van der Waals surface area contributed by atoms with Crippen molar-refractivity contribution in [2.75, 3.05) is 0 Å². The number of nitrogens with zero attached hydrogens (tertiary/aromatic N) is 3. The third-order valence-corrected chi connectivity index (χ3v) is 1.71. The molecule has 1 rings (SSSR count). The molecule has 0 aliphatic rings. The van der Waals surface area contributed by atoms with E-state index in [9.17, 15) is 0 Å². The molecular formula is C6H10IN3. The van der Waals surface area contributed by atoms with Gasteiger partial charge in [-0.15, -0.1) is 5.10 Å². The molecule has 0 fully saturated rings. The fraction of sp³-hybridized carbons (Fsp3) is 0.667. The number of rotatable bonds is 0. The van der Waals surface area contributed by atoms with Gasteiger partial charge in [-0.1, -0.05) is 26.0 Å². The Hall–Kier alpha value is -0.130. The van der Waals surface area contributed by atoms with Gasteiger partial charge in [-0.05, 0) is 0 Å². The average Bonchev–Trinajstić information content (AvgIpc) is 2.11. The molecular weight excluding hydrogens is 241 g/mol. The minimum absolute atomic E-state index is 0.115. The van der Waals surface area contributed by atoms with E-state index in [0.29, 0.717) is 0 Å². The van der Waals surface area contributed by atoms with Crippen molar-refractivity contribution in [2.45, 2.75) is 26.2 Å². The number of halogens is 1. The van der Waals surface area contributed by atoms with Crippen LogP contribution < -0.4 is 0 Å². The Morgan fingerprint density at radius 1 is 1.50 bits per heavy atom. The van der Waals surface area contributed by atoms with Crippen LogP contribution >= 0.6 is 22.9 Å². The number of hydrogen-bond donors (Lipinski definition) is 0. The van der Waals surface area contributed by atoms with Gasteiger partial charge in [-0.2, -0.15) is 2.90 Å². The first kappa shape index (κ1) is 7.97. The maximum atomic E-state index is 3.99. The maximum absolute atomic E-state index is 3.99. The van der Waals surface area contributed by atoms with Crippen LogP contribution in [0.5, 0.6) is 0 Å². The molecule has 0 N–H and O–H groups in total. The Morgan fingerprint density at radius 3 is 2.30 bits per heavy atom. The van der Waals surface area contributed by atoms with E-state index in [4.69, 9.17) is 0 Å². The summed E-state index contributed by atoms with van der Waals surface area (Å²) < 4.78 is 1.69. The summed E-state index contributed by atoms with van der Waals surface area (Å²) in [6, 6.07) is 0. The zero-order valence-corrected chi connectivity index (χ0v) is 8.45. The highest BCUT2D eigenvalue weighted by atomic mass is 127. The van der Waals surface area contributed by atoms with Crippen molar-refractivity contribution in [3.05, 3.63) is 11.9 Å². The molecule has 0 saturated heterocycles. The maximum Gasteiger partial charge on any atom is 0.0889 e. The monoisotopic (exact) mass is 251 g/mol. The van der Waals surface area contributed by atoms with Crippen molar-refractivity contribution in [1.29, 1.82) is 0 Å². The molecule has 0 spiro atoms. The third kappa shape index (κ3) is 1.68. The zero-order chi connectivity index (χ0) is 7.78. The summed E-state index contributed by atoms with van der Waals surface area (Å²) in [5.41, 5.74) is 1.14. The van der Waals surface area contributed by atoms with Crippen LogP contribution in [0.1, 0.15) is 26.5 Å². The van der Waals surface area contributed by atoms with Gasteiger partial charge >= 0.3 is 0 Å². The molecule has 0 saturated carbocycles. The van der Waals surface area contributed by atoms with E-state index in [1.54, 1.807) is 2.90 Å². The van der Waals surface area contributed by atoms with E-state index in [0.717, 1.165) is 5.69 Å². The van der Waals surface area contributed by atoms with Crippen LogP contribution in [-0.2, 0) is 5.41 Å². The van der Waals surface area contributed by atoms with Crippen LogP contribution in [0.3, 0.4) is 0 Å². The van der Waals surface area contributed by atoms with Crippen LogP contribution in [-0.4, -0.2) is 13.2 Å². The van der Waals surface area contributed by atoms with Crippen LogP contribution in [0.25, 0.3) is 0 Å². The highest BCUT2D eigenvalue weighted by molar-refractivity contribution is 14.1. The first-order chi connectivity index (χ1) is 4.50. The molecule has 1 aromatic heterocycles. The van der Waals surface area contributed by atoms with Gasteiger partial charge in [0.15, 0.2) is 0 Å². The lowest BCUT2D eigenvalue weighted by Gasteiger charge is -2.12. The van der Waals surface area contributed by atoms with E-state index >= 15 is 0 Å². The Labute approximate surface area is 74.3 Å². The number of aromatic nitrogens is 3. The van der Waals surface area contributed by atoms with Gasteiger partial charge in [0, 0.05) is 5.41 Å². The average molecular weight is 251 g/mol. The first-order valence-electron chi connectivity index (χ1n) is 3.09. The van der Waals surface area contributed by atoms with Crippen molar-refractivity contribution in [1.82, 2.24) is 13.2 Å². The van der Waals surface area contributed by atoms with E-state index in [-0.39, 0.29) is 5.41 Å². The van der Waals surface area contributed by atoms with Crippen molar-refractivity contribution in [2.24, 2.45) is 0 Å². The van der Waals surface area contributed by atoms with Crippen LogP contribution in [0, 0.1) is 0 Å². The molecule has 3 nitrogen and oxygen atoms in total. The van der Waals surface area contributed by atoms with Gasteiger partial charge in [0.2, 0.25) is 0 Å². The molecule has 0 radical (unpaired) electrons. The SMILES string of the molecule is CC(C)(C)c1cn(I)nn1. The molecule has 0 aliphatic carbocycles. The molecule has 0 aromatic carbocycles. The molecule has 1 heterocycles. The Balaban J connectivity index is 2.96. The summed E-state index contributed by atoms with van der Waals surface area (Å²) in [6.07, 6.45) is 1.93. The highest BCUT2D eigenvalue weighted by Crippen LogP contribution is 2.18. The molecule has 0 atom stereocenters. The minimum Gasteiger partial charge on any atom is -0.191 e. The van der Waals surface area contributed by atoms with Crippen molar-refractivity contribution in [3.63, 3.8) is 0 Å². The second-order valence-corrected chi connectivity index (χ2v) is 4.23. The minimum atomic E-state index is 0.115. The van der Waals surface area contributed by atoms with Crippen LogP contribution in [0.15, 0.2) is 6.20 Å². The molecule has 1 aromatic rings. The van der Waals surface area contributed by atoms with Crippen LogP contribution in [0.4, 0.5) is 0 Å². The molecule has 0 aliphatic heterocycles. The van der Waals surface area contributed by atoms with Crippen molar-refractivity contribution < 1.29 is 0 Å². The Kier molecular flexibility index (Phi) is 1.98.